The first-order valence-electron chi connectivity index (χ1n) is 8.47. The first-order chi connectivity index (χ1) is 10.9. The van der Waals surface area contributed by atoms with Crippen LogP contribution in [0.25, 0.3) is 0 Å². The molecule has 2 saturated carbocycles. The molecule has 0 saturated heterocycles. The lowest BCUT2D eigenvalue weighted by Gasteiger charge is -2.19. The van der Waals surface area contributed by atoms with Crippen LogP contribution in [0.4, 0.5) is 0 Å². The lowest BCUT2D eigenvalue weighted by Crippen LogP contribution is -2.38. The summed E-state index contributed by atoms with van der Waals surface area (Å²) >= 11 is 0. The Morgan fingerprint density at radius 1 is 1.22 bits per heavy atom. The van der Waals surface area contributed by atoms with Crippen molar-refractivity contribution >= 4 is 15.7 Å². The Kier molecular flexibility index (Phi) is 4.50. The molecule has 2 fully saturated rings. The van der Waals surface area contributed by atoms with E-state index in [0.717, 1.165) is 25.7 Å². The number of sulfone groups is 1. The van der Waals surface area contributed by atoms with Crippen LogP contribution in [0.15, 0.2) is 24.3 Å². The van der Waals surface area contributed by atoms with Crippen LogP contribution in [0, 0.1) is 6.92 Å². The molecule has 0 aliphatic heterocycles. The van der Waals surface area contributed by atoms with Gasteiger partial charge in [0.15, 0.2) is 9.84 Å². The summed E-state index contributed by atoms with van der Waals surface area (Å²) in [7, 11) is -3.29. The third-order valence-corrected chi connectivity index (χ3v) is 7.49. The van der Waals surface area contributed by atoms with Crippen LogP contribution in [0.1, 0.15) is 49.7 Å². The highest BCUT2D eigenvalue weighted by atomic mass is 32.2. The number of aryl methyl sites for hydroxylation is 1. The van der Waals surface area contributed by atoms with Gasteiger partial charge in [0.2, 0.25) is 5.91 Å². The van der Waals surface area contributed by atoms with Crippen LogP contribution >= 0.6 is 0 Å². The molecule has 1 amide bonds. The fourth-order valence-corrected chi connectivity index (χ4v) is 5.48. The topological polar surface area (TPSA) is 63.2 Å². The van der Waals surface area contributed by atoms with Gasteiger partial charge in [-0.2, -0.15) is 0 Å². The molecule has 1 aromatic rings. The second-order valence-electron chi connectivity index (χ2n) is 7.09. The highest BCUT2D eigenvalue weighted by molar-refractivity contribution is 7.92. The number of carbonyl (C=O) groups excluding carboxylic acids is 1. The SMILES string of the molecule is Cc1ccccc1C1(CNC(=O)CS(=O)(=O)C2CCCC2)CC1. The minimum absolute atomic E-state index is 0.0120. The first-order valence-corrected chi connectivity index (χ1v) is 10.2. The zero-order valence-corrected chi connectivity index (χ0v) is 14.5. The molecule has 0 atom stereocenters. The van der Waals surface area contributed by atoms with Gasteiger partial charge in [0.25, 0.3) is 0 Å². The predicted octanol–water partition coefficient (Wildman–Crippen LogP) is 2.50. The van der Waals surface area contributed by atoms with E-state index in [1.807, 2.05) is 12.1 Å². The minimum atomic E-state index is -3.29. The molecule has 0 bridgehead atoms. The lowest BCUT2D eigenvalue weighted by molar-refractivity contribution is -0.118. The van der Waals surface area contributed by atoms with Crippen LogP contribution in [-0.4, -0.2) is 31.9 Å². The number of rotatable bonds is 6. The monoisotopic (exact) mass is 335 g/mol. The molecule has 4 nitrogen and oxygen atoms in total. The maximum Gasteiger partial charge on any atom is 0.235 e. The highest BCUT2D eigenvalue weighted by Crippen LogP contribution is 2.48. The highest BCUT2D eigenvalue weighted by Gasteiger charge is 2.45. The molecule has 23 heavy (non-hydrogen) atoms. The maximum absolute atomic E-state index is 12.2. The standard InChI is InChI=1S/C18H25NO3S/c1-14-6-2-5-9-16(14)18(10-11-18)13-19-17(20)12-23(21,22)15-7-3-4-8-15/h2,5-6,9,15H,3-4,7-8,10-13H2,1H3,(H,19,20). The van der Waals surface area contributed by atoms with Crippen LogP contribution < -0.4 is 5.32 Å². The van der Waals surface area contributed by atoms with Crippen molar-refractivity contribution in [3.8, 4) is 0 Å². The maximum atomic E-state index is 12.2. The zero-order valence-electron chi connectivity index (χ0n) is 13.7. The van der Waals surface area contributed by atoms with E-state index in [9.17, 15) is 13.2 Å². The molecular formula is C18H25NO3S. The van der Waals surface area contributed by atoms with E-state index in [0.29, 0.717) is 19.4 Å². The number of amides is 1. The van der Waals surface area contributed by atoms with Gasteiger partial charge in [-0.3, -0.25) is 4.79 Å². The van der Waals surface area contributed by atoms with Crippen LogP contribution in [-0.2, 0) is 20.0 Å². The third-order valence-electron chi connectivity index (χ3n) is 5.34. The van der Waals surface area contributed by atoms with Gasteiger partial charge in [0, 0.05) is 12.0 Å². The molecule has 2 aliphatic carbocycles. The Hall–Kier alpha value is -1.36. The summed E-state index contributed by atoms with van der Waals surface area (Å²) in [5.74, 6) is -0.710. The second-order valence-corrected chi connectivity index (χ2v) is 9.37. The molecule has 3 rings (SSSR count). The van der Waals surface area contributed by atoms with Gasteiger partial charge >= 0.3 is 0 Å². The van der Waals surface area contributed by atoms with E-state index in [4.69, 9.17) is 0 Å². The Bertz CT molecular complexity index is 686. The summed E-state index contributed by atoms with van der Waals surface area (Å²) in [6.45, 7) is 2.62. The number of nitrogens with one attached hydrogen (secondary N) is 1. The van der Waals surface area contributed by atoms with E-state index in [1.54, 1.807) is 0 Å². The summed E-state index contributed by atoms with van der Waals surface area (Å²) in [6.07, 6.45) is 5.44. The van der Waals surface area contributed by atoms with E-state index < -0.39 is 9.84 Å². The van der Waals surface area contributed by atoms with Crippen LogP contribution in [0.2, 0.25) is 0 Å². The summed E-state index contributed by atoms with van der Waals surface area (Å²) < 4.78 is 24.5. The lowest BCUT2D eigenvalue weighted by atomic mass is 9.92. The minimum Gasteiger partial charge on any atom is -0.354 e. The summed E-state index contributed by atoms with van der Waals surface area (Å²) in [5.41, 5.74) is 2.52. The Balaban J connectivity index is 1.58. The average Bonchev–Trinajstić information content (AvgIpc) is 3.07. The predicted molar refractivity (Wildman–Crippen MR) is 91.1 cm³/mol. The van der Waals surface area contributed by atoms with E-state index in [-0.39, 0.29) is 22.3 Å². The smallest absolute Gasteiger partial charge is 0.235 e. The first kappa shape index (κ1) is 16.5. The summed E-state index contributed by atoms with van der Waals surface area (Å²) in [6, 6.07) is 8.24. The quantitative estimate of drug-likeness (QED) is 0.869. The fraction of sp³-hybridized carbons (Fsp3) is 0.611. The molecule has 2 aliphatic rings. The van der Waals surface area contributed by atoms with Crippen molar-refractivity contribution in [2.24, 2.45) is 0 Å². The van der Waals surface area contributed by atoms with Crippen molar-refractivity contribution < 1.29 is 13.2 Å². The van der Waals surface area contributed by atoms with Crippen molar-refractivity contribution in [2.75, 3.05) is 12.3 Å². The van der Waals surface area contributed by atoms with Crippen LogP contribution in [0.3, 0.4) is 0 Å². The van der Waals surface area contributed by atoms with Gasteiger partial charge in [-0.1, -0.05) is 37.1 Å². The summed E-state index contributed by atoms with van der Waals surface area (Å²) in [4.78, 5) is 12.1. The van der Waals surface area contributed by atoms with Crippen molar-refractivity contribution in [1.29, 1.82) is 0 Å². The Morgan fingerprint density at radius 3 is 2.48 bits per heavy atom. The van der Waals surface area contributed by atoms with Crippen molar-refractivity contribution in [1.82, 2.24) is 5.32 Å². The fourth-order valence-electron chi connectivity index (χ4n) is 3.73. The molecule has 0 heterocycles. The molecule has 0 radical (unpaired) electrons. The molecule has 0 spiro atoms. The van der Waals surface area contributed by atoms with Crippen molar-refractivity contribution in [3.63, 3.8) is 0 Å². The molecule has 5 heteroatoms. The number of benzene rings is 1. The number of carbonyl (C=O) groups is 1. The molecule has 0 unspecified atom stereocenters. The van der Waals surface area contributed by atoms with Gasteiger partial charge in [-0.15, -0.1) is 0 Å². The molecular weight excluding hydrogens is 310 g/mol. The average molecular weight is 335 g/mol. The molecule has 0 aromatic heterocycles. The van der Waals surface area contributed by atoms with Crippen molar-refractivity contribution in [3.05, 3.63) is 35.4 Å². The second kappa shape index (κ2) is 6.27. The van der Waals surface area contributed by atoms with Gasteiger partial charge in [0.05, 0.1) is 5.25 Å². The molecule has 1 N–H and O–H groups in total. The number of hydrogen-bond donors (Lipinski definition) is 1. The van der Waals surface area contributed by atoms with Gasteiger partial charge < -0.3 is 5.32 Å². The van der Waals surface area contributed by atoms with Gasteiger partial charge in [-0.05, 0) is 43.7 Å². The molecule has 126 valence electrons. The molecule has 1 aromatic carbocycles. The Morgan fingerprint density at radius 2 is 1.87 bits per heavy atom. The van der Waals surface area contributed by atoms with Gasteiger partial charge in [0.1, 0.15) is 5.75 Å². The normalized spacial score (nSPS) is 20.4. The summed E-state index contributed by atoms with van der Waals surface area (Å²) in [5, 5.41) is 2.57. The van der Waals surface area contributed by atoms with E-state index in [1.165, 1.54) is 11.1 Å². The third kappa shape index (κ3) is 3.60. The van der Waals surface area contributed by atoms with Gasteiger partial charge in [-0.25, -0.2) is 8.42 Å². The Labute approximate surface area is 138 Å². The van der Waals surface area contributed by atoms with Crippen molar-refractivity contribution in [2.45, 2.75) is 56.1 Å². The largest absolute Gasteiger partial charge is 0.354 e. The zero-order chi connectivity index (χ0) is 16.5. The van der Waals surface area contributed by atoms with E-state index >= 15 is 0 Å². The van der Waals surface area contributed by atoms with Crippen LogP contribution in [0.5, 0.6) is 0 Å². The van der Waals surface area contributed by atoms with E-state index in [2.05, 4.69) is 24.4 Å². The number of hydrogen-bond acceptors (Lipinski definition) is 3.